The van der Waals surface area contributed by atoms with E-state index in [4.69, 9.17) is 18.4 Å². The molecule has 0 rings (SSSR count). The van der Waals surface area contributed by atoms with Gasteiger partial charge in [0.1, 0.15) is 0 Å². The second-order valence-electron chi connectivity index (χ2n) is 4.07. The van der Waals surface area contributed by atoms with Crippen LogP contribution in [-0.4, -0.2) is 24.4 Å². The zero-order chi connectivity index (χ0) is 14.4. The van der Waals surface area contributed by atoms with Crippen LogP contribution in [0, 0.1) is 0 Å². The molecule has 0 atom stereocenters. The molecule has 0 heterocycles. The molecule has 5 nitrogen and oxygen atoms in total. The average Bonchev–Trinajstić information content (AvgIpc) is 2.19. The highest BCUT2D eigenvalue weighted by molar-refractivity contribution is 8.26. The fraction of sp³-hybridized carbons (Fsp3) is 0.909. The van der Waals surface area contributed by atoms with E-state index < -0.39 is 15.0 Å². The topological polar surface area (TPSA) is 94.8 Å². The van der Waals surface area contributed by atoms with Gasteiger partial charge in [0.15, 0.2) is 0 Å². The number of aliphatic carboxylic acids is 1. The molecule has 0 aromatic heterocycles. The summed E-state index contributed by atoms with van der Waals surface area (Å²) in [6, 6.07) is 0. The fourth-order valence-corrected chi connectivity index (χ4v) is 1.41. The molecule has 0 radical (unpaired) electrons. The molecule has 0 aliphatic carbocycles. The Bertz CT molecular complexity index is 280. The Hall–Kier alpha value is -0.240. The Labute approximate surface area is 114 Å². The summed E-state index contributed by atoms with van der Waals surface area (Å²) in [6.45, 7) is 2.22. The Morgan fingerprint density at radius 2 is 1.33 bits per heavy atom. The van der Waals surface area contributed by atoms with Gasteiger partial charge in [-0.2, -0.15) is 4.21 Å². The van der Waals surface area contributed by atoms with Gasteiger partial charge < -0.3 is 5.11 Å². The van der Waals surface area contributed by atoms with E-state index in [0.717, 1.165) is 12.8 Å². The van der Waals surface area contributed by atoms with E-state index in [9.17, 15) is 4.79 Å². The lowest BCUT2D eigenvalue weighted by atomic mass is 10.1. The van der Waals surface area contributed by atoms with Crippen LogP contribution < -0.4 is 0 Å². The monoisotopic (exact) mass is 300 g/mol. The van der Waals surface area contributed by atoms with E-state index >= 15 is 0 Å². The van der Waals surface area contributed by atoms with Gasteiger partial charge >= 0.3 is 5.97 Å². The number of rotatable bonds is 9. The summed E-state index contributed by atoms with van der Waals surface area (Å²) in [5.74, 6) is -0.661. The standard InChI is InChI=1S/C11H22O2.H2O3S2/c1-2-3-4-5-6-7-8-9-10-11(12)13;1-5(2,3)4/h2-10H2,1H3,(H,12,13);(H2,1,2,3,4). The minimum absolute atomic E-state index is 0.342. The van der Waals surface area contributed by atoms with Crippen LogP contribution >= 0.6 is 0 Å². The summed E-state index contributed by atoms with van der Waals surface area (Å²) in [5, 5.41) is 8.39. The molecule has 0 aliphatic heterocycles. The van der Waals surface area contributed by atoms with E-state index in [1.54, 1.807) is 0 Å². The van der Waals surface area contributed by atoms with Crippen molar-refractivity contribution in [1.82, 2.24) is 0 Å². The normalized spacial score (nSPS) is 10.6. The van der Waals surface area contributed by atoms with E-state index in [2.05, 4.69) is 18.1 Å². The van der Waals surface area contributed by atoms with Crippen LogP contribution in [0.15, 0.2) is 0 Å². The molecular formula is C11H24O5S2. The van der Waals surface area contributed by atoms with Gasteiger partial charge in [0.2, 0.25) is 0 Å². The SMILES string of the molecule is CCCCCCCCCCC(=O)O.O=S(O)(O)=S. The largest absolute Gasteiger partial charge is 0.481 e. The molecule has 0 aliphatic rings. The lowest BCUT2D eigenvalue weighted by molar-refractivity contribution is -0.137. The predicted octanol–water partition coefficient (Wildman–Crippen LogP) is 3.28. The van der Waals surface area contributed by atoms with Crippen molar-refractivity contribution in [1.29, 1.82) is 0 Å². The lowest BCUT2D eigenvalue weighted by Crippen LogP contribution is -1.93. The van der Waals surface area contributed by atoms with Gasteiger partial charge in [0, 0.05) is 17.6 Å². The third kappa shape index (κ3) is 36.0. The van der Waals surface area contributed by atoms with Gasteiger partial charge in [-0.15, -0.1) is 0 Å². The molecule has 0 fully saturated rings. The third-order valence-electron chi connectivity index (χ3n) is 2.24. The minimum Gasteiger partial charge on any atom is -0.481 e. The molecule has 0 saturated heterocycles. The van der Waals surface area contributed by atoms with Crippen LogP contribution in [0.5, 0.6) is 0 Å². The summed E-state index contributed by atoms with van der Waals surface area (Å²) in [4.78, 5) is 10.2. The van der Waals surface area contributed by atoms with Gasteiger partial charge in [0.05, 0.1) is 0 Å². The molecule has 0 aromatic carbocycles. The van der Waals surface area contributed by atoms with Gasteiger partial charge in [0.25, 0.3) is 9.05 Å². The Balaban J connectivity index is 0. The van der Waals surface area contributed by atoms with Gasteiger partial charge in [-0.25, -0.2) is 0 Å². The highest BCUT2D eigenvalue weighted by Crippen LogP contribution is 2.09. The smallest absolute Gasteiger partial charge is 0.303 e. The quantitative estimate of drug-likeness (QED) is 0.566. The van der Waals surface area contributed by atoms with Crippen molar-refractivity contribution >= 4 is 26.2 Å². The average molecular weight is 300 g/mol. The molecule has 7 heteroatoms. The first-order valence-electron chi connectivity index (χ1n) is 6.19. The van der Waals surface area contributed by atoms with E-state index in [1.165, 1.54) is 38.5 Å². The van der Waals surface area contributed by atoms with Gasteiger partial charge in [-0.1, -0.05) is 51.9 Å². The summed E-state index contributed by atoms with van der Waals surface area (Å²) in [7, 11) is -3.83. The second kappa shape index (κ2) is 13.2. The molecule has 0 bridgehead atoms. The predicted molar refractivity (Wildman–Crippen MR) is 75.6 cm³/mol. The van der Waals surface area contributed by atoms with Crippen LogP contribution in [0.25, 0.3) is 0 Å². The zero-order valence-corrected chi connectivity index (χ0v) is 12.5. The number of hydrogen-bond acceptors (Lipinski definition) is 3. The highest BCUT2D eigenvalue weighted by atomic mass is 32.9. The van der Waals surface area contributed by atoms with Crippen LogP contribution in [0.4, 0.5) is 0 Å². The Morgan fingerprint density at radius 3 is 1.67 bits per heavy atom. The summed E-state index contributed by atoms with van der Waals surface area (Å²) in [5.41, 5.74) is 0. The molecule has 0 amide bonds. The maximum Gasteiger partial charge on any atom is 0.303 e. The summed E-state index contributed by atoms with van der Waals surface area (Å²) >= 11 is 3.47. The maximum atomic E-state index is 10.2. The number of hydrogen-bond donors (Lipinski definition) is 3. The Morgan fingerprint density at radius 1 is 1.00 bits per heavy atom. The molecule has 3 N–H and O–H groups in total. The van der Waals surface area contributed by atoms with Crippen molar-refractivity contribution < 1.29 is 23.2 Å². The Kier molecular flexibility index (Phi) is 14.7. The number of carboxylic acid groups (broad SMARTS) is 1. The van der Waals surface area contributed by atoms with Gasteiger partial charge in [-0.05, 0) is 6.42 Å². The van der Waals surface area contributed by atoms with Crippen molar-refractivity contribution in [2.45, 2.75) is 64.7 Å². The summed E-state index contributed by atoms with van der Waals surface area (Å²) in [6.07, 6.45) is 10.1. The zero-order valence-electron chi connectivity index (χ0n) is 10.8. The molecule has 0 spiro atoms. The first-order chi connectivity index (χ1) is 8.27. The number of carbonyl (C=O) groups is 1. The van der Waals surface area contributed by atoms with Crippen molar-refractivity contribution in [3.8, 4) is 0 Å². The minimum atomic E-state index is -3.83. The maximum absolute atomic E-state index is 10.2. The van der Waals surface area contributed by atoms with E-state index in [1.807, 2.05) is 0 Å². The van der Waals surface area contributed by atoms with Crippen LogP contribution in [0.1, 0.15) is 64.7 Å². The molecule has 110 valence electrons. The van der Waals surface area contributed by atoms with Crippen LogP contribution in [-0.2, 0) is 25.0 Å². The van der Waals surface area contributed by atoms with Crippen molar-refractivity contribution in [3.63, 3.8) is 0 Å². The molecular weight excluding hydrogens is 276 g/mol. The lowest BCUT2D eigenvalue weighted by Gasteiger charge is -1.99. The summed E-state index contributed by atoms with van der Waals surface area (Å²) < 4.78 is 24.0. The molecule has 0 saturated carbocycles. The third-order valence-corrected chi connectivity index (χ3v) is 2.24. The highest BCUT2D eigenvalue weighted by Gasteiger charge is 1.95. The van der Waals surface area contributed by atoms with Crippen molar-refractivity contribution in [3.05, 3.63) is 0 Å². The van der Waals surface area contributed by atoms with Crippen molar-refractivity contribution in [2.24, 2.45) is 0 Å². The molecule has 0 unspecified atom stereocenters. The van der Waals surface area contributed by atoms with Crippen LogP contribution in [0.2, 0.25) is 0 Å². The van der Waals surface area contributed by atoms with E-state index in [0.29, 0.717) is 6.42 Å². The first kappa shape index (κ1) is 20.1. The number of carboxylic acids is 1. The molecule has 0 aromatic rings. The number of unbranched alkanes of at least 4 members (excludes halogenated alkanes) is 7. The van der Waals surface area contributed by atoms with Gasteiger partial charge in [-0.3, -0.25) is 13.9 Å². The fourth-order valence-electron chi connectivity index (χ4n) is 1.41. The van der Waals surface area contributed by atoms with E-state index in [-0.39, 0.29) is 0 Å². The second-order valence-corrected chi connectivity index (χ2v) is 6.26. The molecule has 18 heavy (non-hydrogen) atoms. The van der Waals surface area contributed by atoms with Crippen molar-refractivity contribution in [2.75, 3.05) is 0 Å². The van der Waals surface area contributed by atoms with Crippen LogP contribution in [0.3, 0.4) is 0 Å². The first-order valence-corrected chi connectivity index (χ1v) is 8.58.